The summed E-state index contributed by atoms with van der Waals surface area (Å²) in [6.07, 6.45) is 7.63. The normalized spacial score (nSPS) is 19.4. The first kappa shape index (κ1) is 11.4. The minimum absolute atomic E-state index is 0.105. The standard InChI is InChI=1S/C13H20N2O/c1-11-9-12(5-8-14-11)15-13(10-16)6-3-2-4-7-13/h5,8-9,16H,2-4,6-7,10H2,1H3,(H,14,15). The van der Waals surface area contributed by atoms with Crippen molar-refractivity contribution in [1.82, 2.24) is 4.98 Å². The molecule has 1 aliphatic rings. The average molecular weight is 220 g/mol. The highest BCUT2D eigenvalue weighted by Crippen LogP contribution is 2.31. The van der Waals surface area contributed by atoms with Crippen molar-refractivity contribution in [2.45, 2.75) is 44.6 Å². The first-order valence-electron chi connectivity index (χ1n) is 6.06. The number of aromatic nitrogens is 1. The Bertz CT molecular complexity index is 346. The van der Waals surface area contributed by atoms with E-state index in [1.807, 2.05) is 25.3 Å². The second kappa shape index (κ2) is 4.83. The summed E-state index contributed by atoms with van der Waals surface area (Å²) in [6, 6.07) is 4.00. The lowest BCUT2D eigenvalue weighted by Crippen LogP contribution is -2.43. The van der Waals surface area contributed by atoms with Crippen LogP contribution in [0.5, 0.6) is 0 Å². The van der Waals surface area contributed by atoms with Crippen molar-refractivity contribution >= 4 is 5.69 Å². The van der Waals surface area contributed by atoms with E-state index < -0.39 is 0 Å². The van der Waals surface area contributed by atoms with Crippen molar-refractivity contribution in [3.8, 4) is 0 Å². The molecular weight excluding hydrogens is 200 g/mol. The van der Waals surface area contributed by atoms with Crippen LogP contribution in [0.4, 0.5) is 5.69 Å². The number of nitrogens with zero attached hydrogens (tertiary/aromatic N) is 1. The molecule has 2 N–H and O–H groups in total. The monoisotopic (exact) mass is 220 g/mol. The van der Waals surface area contributed by atoms with Gasteiger partial charge in [0.15, 0.2) is 0 Å². The highest BCUT2D eigenvalue weighted by atomic mass is 16.3. The van der Waals surface area contributed by atoms with E-state index in [0.29, 0.717) is 0 Å². The van der Waals surface area contributed by atoms with Gasteiger partial charge in [-0.05, 0) is 31.9 Å². The van der Waals surface area contributed by atoms with Crippen molar-refractivity contribution in [3.63, 3.8) is 0 Å². The number of hydrogen-bond donors (Lipinski definition) is 2. The lowest BCUT2D eigenvalue weighted by atomic mass is 9.82. The minimum Gasteiger partial charge on any atom is -0.394 e. The lowest BCUT2D eigenvalue weighted by molar-refractivity contribution is 0.173. The zero-order valence-electron chi connectivity index (χ0n) is 9.87. The third kappa shape index (κ3) is 2.53. The SMILES string of the molecule is Cc1cc(NC2(CO)CCCCC2)ccn1. The quantitative estimate of drug-likeness (QED) is 0.822. The molecule has 3 heteroatoms. The fourth-order valence-electron chi connectivity index (χ4n) is 2.48. The summed E-state index contributed by atoms with van der Waals surface area (Å²) in [5.74, 6) is 0. The molecule has 0 aliphatic heterocycles. The molecule has 1 saturated carbocycles. The molecule has 0 aromatic carbocycles. The highest BCUT2D eigenvalue weighted by Gasteiger charge is 2.30. The van der Waals surface area contributed by atoms with Gasteiger partial charge < -0.3 is 10.4 Å². The van der Waals surface area contributed by atoms with Gasteiger partial charge in [0.2, 0.25) is 0 Å². The van der Waals surface area contributed by atoms with Gasteiger partial charge in [0.1, 0.15) is 0 Å². The summed E-state index contributed by atoms with van der Waals surface area (Å²) in [6.45, 7) is 2.20. The molecule has 88 valence electrons. The van der Waals surface area contributed by atoms with Crippen molar-refractivity contribution in [1.29, 1.82) is 0 Å². The summed E-state index contributed by atoms with van der Waals surface area (Å²) in [5.41, 5.74) is 1.98. The van der Waals surface area contributed by atoms with Crippen LogP contribution in [-0.2, 0) is 0 Å². The topological polar surface area (TPSA) is 45.1 Å². The molecule has 0 radical (unpaired) electrons. The number of nitrogens with one attached hydrogen (secondary N) is 1. The number of anilines is 1. The van der Waals surface area contributed by atoms with Gasteiger partial charge in [-0.2, -0.15) is 0 Å². The predicted molar refractivity (Wildman–Crippen MR) is 65.5 cm³/mol. The number of aryl methyl sites for hydroxylation is 1. The van der Waals surface area contributed by atoms with Crippen LogP contribution < -0.4 is 5.32 Å². The van der Waals surface area contributed by atoms with Crippen molar-refractivity contribution in [3.05, 3.63) is 24.0 Å². The van der Waals surface area contributed by atoms with Crippen molar-refractivity contribution < 1.29 is 5.11 Å². The van der Waals surface area contributed by atoms with Crippen molar-refractivity contribution in [2.24, 2.45) is 0 Å². The van der Waals surface area contributed by atoms with Crippen molar-refractivity contribution in [2.75, 3.05) is 11.9 Å². The molecular formula is C13H20N2O. The van der Waals surface area contributed by atoms with E-state index in [0.717, 1.165) is 24.2 Å². The maximum atomic E-state index is 9.59. The summed E-state index contributed by atoms with van der Waals surface area (Å²) in [7, 11) is 0. The van der Waals surface area contributed by atoms with Crippen LogP contribution in [0.1, 0.15) is 37.8 Å². The van der Waals surface area contributed by atoms with Gasteiger partial charge in [-0.1, -0.05) is 19.3 Å². The highest BCUT2D eigenvalue weighted by molar-refractivity contribution is 5.45. The molecule has 3 nitrogen and oxygen atoms in total. The Labute approximate surface area is 96.9 Å². The Kier molecular flexibility index (Phi) is 3.44. The molecule has 0 spiro atoms. The number of pyridine rings is 1. The van der Waals surface area contributed by atoms with Gasteiger partial charge in [0.25, 0.3) is 0 Å². The van der Waals surface area contributed by atoms with E-state index in [1.54, 1.807) is 0 Å². The van der Waals surface area contributed by atoms with Crippen LogP contribution in [0.25, 0.3) is 0 Å². The second-order valence-electron chi connectivity index (χ2n) is 4.81. The van der Waals surface area contributed by atoms with E-state index in [-0.39, 0.29) is 12.1 Å². The molecule has 16 heavy (non-hydrogen) atoms. The zero-order valence-corrected chi connectivity index (χ0v) is 9.87. The lowest BCUT2D eigenvalue weighted by Gasteiger charge is -2.37. The molecule has 1 fully saturated rings. The predicted octanol–water partition coefficient (Wildman–Crippen LogP) is 2.50. The number of hydrogen-bond acceptors (Lipinski definition) is 3. The largest absolute Gasteiger partial charge is 0.394 e. The molecule has 1 aliphatic carbocycles. The van der Waals surface area contributed by atoms with Gasteiger partial charge in [-0.3, -0.25) is 4.98 Å². The molecule has 0 bridgehead atoms. The first-order chi connectivity index (χ1) is 7.74. The van der Waals surface area contributed by atoms with Gasteiger partial charge in [0, 0.05) is 17.6 Å². The van der Waals surface area contributed by atoms with Gasteiger partial charge >= 0.3 is 0 Å². The average Bonchev–Trinajstić information content (AvgIpc) is 2.30. The van der Waals surface area contributed by atoms with Gasteiger partial charge in [0.05, 0.1) is 12.1 Å². The van der Waals surface area contributed by atoms with E-state index >= 15 is 0 Å². The Hall–Kier alpha value is -1.09. The molecule has 1 aromatic rings. The molecule has 1 heterocycles. The van der Waals surface area contributed by atoms with Gasteiger partial charge in [-0.15, -0.1) is 0 Å². The van der Waals surface area contributed by atoms with Crippen LogP contribution in [0.2, 0.25) is 0 Å². The van der Waals surface area contributed by atoms with E-state index in [2.05, 4.69) is 10.3 Å². The van der Waals surface area contributed by atoms with Crippen LogP contribution in [0, 0.1) is 6.92 Å². The van der Waals surface area contributed by atoms with Crippen LogP contribution in [0.3, 0.4) is 0 Å². The maximum absolute atomic E-state index is 9.59. The second-order valence-corrected chi connectivity index (χ2v) is 4.81. The maximum Gasteiger partial charge on any atom is 0.0661 e. The molecule has 0 amide bonds. The number of rotatable bonds is 3. The zero-order chi connectivity index (χ0) is 11.4. The Morgan fingerprint density at radius 1 is 1.38 bits per heavy atom. The van der Waals surface area contributed by atoms with Crippen LogP contribution in [0.15, 0.2) is 18.3 Å². The molecule has 0 atom stereocenters. The minimum atomic E-state index is -0.105. The number of aliphatic hydroxyl groups excluding tert-OH is 1. The summed E-state index contributed by atoms with van der Waals surface area (Å²) >= 11 is 0. The fourth-order valence-corrected chi connectivity index (χ4v) is 2.48. The Balaban J connectivity index is 2.11. The Morgan fingerprint density at radius 2 is 2.12 bits per heavy atom. The van der Waals surface area contributed by atoms with E-state index in [1.165, 1.54) is 19.3 Å². The Morgan fingerprint density at radius 3 is 2.75 bits per heavy atom. The number of aliphatic hydroxyl groups is 1. The van der Waals surface area contributed by atoms with E-state index in [4.69, 9.17) is 0 Å². The molecule has 0 unspecified atom stereocenters. The third-order valence-corrected chi connectivity index (χ3v) is 3.42. The summed E-state index contributed by atoms with van der Waals surface area (Å²) in [5, 5.41) is 13.1. The fraction of sp³-hybridized carbons (Fsp3) is 0.615. The molecule has 1 aromatic heterocycles. The molecule has 2 rings (SSSR count). The van der Waals surface area contributed by atoms with Crippen LogP contribution in [-0.4, -0.2) is 22.2 Å². The van der Waals surface area contributed by atoms with Crippen LogP contribution >= 0.6 is 0 Å². The van der Waals surface area contributed by atoms with Gasteiger partial charge in [-0.25, -0.2) is 0 Å². The third-order valence-electron chi connectivity index (χ3n) is 3.42. The summed E-state index contributed by atoms with van der Waals surface area (Å²) in [4.78, 5) is 4.18. The smallest absolute Gasteiger partial charge is 0.0661 e. The molecule has 0 saturated heterocycles. The first-order valence-corrected chi connectivity index (χ1v) is 6.06. The van der Waals surface area contributed by atoms with E-state index in [9.17, 15) is 5.11 Å². The summed E-state index contributed by atoms with van der Waals surface area (Å²) < 4.78 is 0.